The maximum Gasteiger partial charge on any atom is 0.224 e. The lowest BCUT2D eigenvalue weighted by Crippen LogP contribution is -2.44. The summed E-state index contributed by atoms with van der Waals surface area (Å²) in [7, 11) is -2.99. The lowest BCUT2D eigenvalue weighted by Gasteiger charge is -2.28. The third kappa shape index (κ3) is 10.6. The fraction of sp³-hybridized carbons (Fsp3) is 0.636. The van der Waals surface area contributed by atoms with Gasteiger partial charge in [-0.3, -0.25) is 19.3 Å². The van der Waals surface area contributed by atoms with Crippen LogP contribution in [0.15, 0.2) is 30.4 Å². The molecule has 0 radical (unpaired) electrons. The first kappa shape index (κ1) is 35.1. The van der Waals surface area contributed by atoms with Crippen LogP contribution in [0.2, 0.25) is 0 Å². The van der Waals surface area contributed by atoms with Crippen LogP contribution in [0.3, 0.4) is 0 Å². The average molecular weight is 632 g/mol. The molecule has 0 bridgehead atoms. The van der Waals surface area contributed by atoms with E-state index in [9.17, 15) is 22.8 Å². The van der Waals surface area contributed by atoms with Gasteiger partial charge in [-0.2, -0.15) is 0 Å². The van der Waals surface area contributed by atoms with Crippen LogP contribution < -0.4 is 5.32 Å². The zero-order valence-corrected chi connectivity index (χ0v) is 28.1. The molecule has 0 spiro atoms. The molecule has 1 N–H and O–H groups in total. The molecule has 1 aromatic heterocycles. The fourth-order valence-electron chi connectivity index (χ4n) is 5.37. The largest absolute Gasteiger partial charge is 0.353 e. The number of amides is 1. The van der Waals surface area contributed by atoms with Crippen molar-refractivity contribution in [3.8, 4) is 0 Å². The number of nitrogens with zero attached hydrogens (tertiary/aromatic N) is 2. The number of hydrogen-bond acceptors (Lipinski definition) is 8. The van der Waals surface area contributed by atoms with Crippen molar-refractivity contribution < 1.29 is 22.8 Å². The number of Topliss-reactive ketones (excluding diaryl/α,β-unsaturated/α-hetero) is 2. The average Bonchev–Trinajstić information content (AvgIpc) is 3.37. The van der Waals surface area contributed by atoms with E-state index in [2.05, 4.69) is 51.7 Å². The van der Waals surface area contributed by atoms with E-state index in [0.717, 1.165) is 28.1 Å². The third-order valence-electron chi connectivity index (χ3n) is 8.50. The summed E-state index contributed by atoms with van der Waals surface area (Å²) >= 11 is 1.58. The molecular formula is C33H49N3O5S2. The highest BCUT2D eigenvalue weighted by Gasteiger charge is 2.28. The molecule has 0 unspecified atom stereocenters. The van der Waals surface area contributed by atoms with Gasteiger partial charge in [0.2, 0.25) is 5.91 Å². The number of nitrogens with one attached hydrogen (secondary N) is 1. The normalized spacial score (nSPS) is 17.4. The predicted octanol–water partition coefficient (Wildman–Crippen LogP) is 5.50. The smallest absolute Gasteiger partial charge is 0.224 e. The van der Waals surface area contributed by atoms with Crippen molar-refractivity contribution in [1.82, 2.24) is 15.2 Å². The Hall–Kier alpha value is -2.43. The summed E-state index contributed by atoms with van der Waals surface area (Å²) in [6, 6.07) is 6.06. The van der Waals surface area contributed by atoms with Crippen molar-refractivity contribution in [2.45, 2.75) is 91.5 Å². The number of ketones is 2. The Morgan fingerprint density at radius 3 is 2.42 bits per heavy atom. The first-order chi connectivity index (χ1) is 20.3. The van der Waals surface area contributed by atoms with E-state index in [1.165, 1.54) is 5.56 Å². The molecule has 43 heavy (non-hydrogen) atoms. The number of hydrogen-bond donors (Lipinski definition) is 1. The Labute approximate surface area is 261 Å². The molecule has 1 aliphatic rings. The van der Waals surface area contributed by atoms with Crippen LogP contribution in [0.25, 0.3) is 10.2 Å². The van der Waals surface area contributed by atoms with Crippen LogP contribution in [-0.2, 0) is 30.6 Å². The van der Waals surface area contributed by atoms with Crippen molar-refractivity contribution in [2.75, 3.05) is 31.1 Å². The quantitative estimate of drug-likeness (QED) is 0.229. The van der Waals surface area contributed by atoms with Crippen molar-refractivity contribution >= 4 is 48.9 Å². The minimum atomic E-state index is -2.99. The van der Waals surface area contributed by atoms with Crippen LogP contribution in [0.1, 0.15) is 89.6 Å². The number of carbonyl (C=O) groups excluding carboxylic acids is 3. The second-order valence-electron chi connectivity index (χ2n) is 12.4. The molecule has 1 aliphatic heterocycles. The van der Waals surface area contributed by atoms with Gasteiger partial charge in [-0.05, 0) is 42.4 Å². The topological polar surface area (TPSA) is 114 Å². The first-order valence-electron chi connectivity index (χ1n) is 15.7. The summed E-state index contributed by atoms with van der Waals surface area (Å²) in [5.74, 6) is 0.0630. The highest BCUT2D eigenvalue weighted by atomic mass is 32.2. The van der Waals surface area contributed by atoms with Crippen molar-refractivity contribution in [3.05, 3.63) is 40.9 Å². The minimum Gasteiger partial charge on any atom is -0.353 e. The summed E-state index contributed by atoms with van der Waals surface area (Å²) in [5.41, 5.74) is 2.62. The van der Waals surface area contributed by atoms with E-state index >= 15 is 0 Å². The van der Waals surface area contributed by atoms with E-state index in [1.807, 2.05) is 17.9 Å². The zero-order valence-electron chi connectivity index (χ0n) is 26.5. The van der Waals surface area contributed by atoms with Gasteiger partial charge in [-0.1, -0.05) is 53.7 Å². The minimum absolute atomic E-state index is 0.0686. The molecule has 3 rings (SSSR count). The lowest BCUT2D eigenvalue weighted by atomic mass is 9.91. The number of rotatable bonds is 17. The predicted molar refractivity (Wildman–Crippen MR) is 175 cm³/mol. The highest BCUT2D eigenvalue weighted by Crippen LogP contribution is 2.29. The molecule has 0 saturated carbocycles. The Morgan fingerprint density at radius 1 is 1.09 bits per heavy atom. The molecule has 3 atom stereocenters. The van der Waals surface area contributed by atoms with Gasteiger partial charge in [-0.25, -0.2) is 13.4 Å². The molecule has 1 fully saturated rings. The molecule has 1 aromatic carbocycles. The Bertz CT molecular complexity index is 1380. The molecule has 8 nitrogen and oxygen atoms in total. The molecule has 238 valence electrons. The van der Waals surface area contributed by atoms with Gasteiger partial charge in [0.05, 0.1) is 32.6 Å². The monoisotopic (exact) mass is 631 g/mol. The van der Waals surface area contributed by atoms with Crippen molar-refractivity contribution in [2.24, 2.45) is 11.8 Å². The van der Waals surface area contributed by atoms with Crippen LogP contribution in [0, 0.1) is 11.8 Å². The number of thiazole rings is 1. The molecule has 2 heterocycles. The summed E-state index contributed by atoms with van der Waals surface area (Å²) in [4.78, 5) is 46.2. The molecule has 2 aromatic rings. The van der Waals surface area contributed by atoms with E-state index < -0.39 is 15.8 Å². The van der Waals surface area contributed by atoms with Crippen LogP contribution in [0.4, 0.5) is 0 Å². The molecule has 0 aliphatic carbocycles. The number of sulfone groups is 1. The molecule has 10 heteroatoms. The van der Waals surface area contributed by atoms with E-state index in [1.54, 1.807) is 11.3 Å². The van der Waals surface area contributed by atoms with Gasteiger partial charge < -0.3 is 5.32 Å². The van der Waals surface area contributed by atoms with Gasteiger partial charge in [-0.15, -0.1) is 11.3 Å². The second kappa shape index (κ2) is 16.0. The molecule has 1 amide bonds. The van der Waals surface area contributed by atoms with E-state index in [4.69, 9.17) is 4.98 Å². The van der Waals surface area contributed by atoms with Gasteiger partial charge in [0, 0.05) is 56.9 Å². The van der Waals surface area contributed by atoms with Gasteiger partial charge >= 0.3 is 0 Å². The lowest BCUT2D eigenvalue weighted by molar-refractivity contribution is -0.130. The van der Waals surface area contributed by atoms with Crippen LogP contribution >= 0.6 is 11.3 Å². The summed E-state index contributed by atoms with van der Waals surface area (Å²) in [6.45, 7) is 15.5. The second-order valence-corrected chi connectivity index (χ2v) is 15.8. The van der Waals surface area contributed by atoms with Crippen LogP contribution in [0.5, 0.6) is 0 Å². The number of benzene rings is 1. The van der Waals surface area contributed by atoms with E-state index in [-0.39, 0.29) is 53.8 Å². The first-order valence-corrected chi connectivity index (χ1v) is 18.3. The van der Waals surface area contributed by atoms with Crippen molar-refractivity contribution in [3.63, 3.8) is 0 Å². The number of aromatic nitrogens is 1. The van der Waals surface area contributed by atoms with Crippen molar-refractivity contribution in [1.29, 1.82) is 0 Å². The summed E-state index contributed by atoms with van der Waals surface area (Å²) < 4.78 is 24.5. The van der Waals surface area contributed by atoms with Gasteiger partial charge in [0.15, 0.2) is 15.6 Å². The highest BCUT2D eigenvalue weighted by molar-refractivity contribution is 7.91. The molecule has 1 saturated heterocycles. The Balaban J connectivity index is 1.67. The Morgan fingerprint density at radius 2 is 1.79 bits per heavy atom. The number of carbonyl (C=O) groups is 3. The van der Waals surface area contributed by atoms with Gasteiger partial charge in [0.1, 0.15) is 5.78 Å². The van der Waals surface area contributed by atoms with Gasteiger partial charge in [0.25, 0.3) is 0 Å². The standard InChI is InChI=1S/C33H49N3O5S2/c1-7-9-27(37)18-26(20-32-34-29-11-10-25(22(3)4)19-31(29)42-32)33(39)35-28(23(5)8-2)12-13-30(38)24(6)21-36-14-16-43(40,41)17-15-36/h10-11,19,22-23,26,28H,6-9,12-18,20-21H2,1-5H3,(H,35,39)/t23-,26-,28+/m0/s1. The summed E-state index contributed by atoms with van der Waals surface area (Å²) in [6.07, 6.45) is 3.29. The van der Waals surface area contributed by atoms with Crippen LogP contribution in [-0.4, -0.2) is 73.0 Å². The maximum absolute atomic E-state index is 13.7. The Kier molecular flexibility index (Phi) is 13.1. The molecular weight excluding hydrogens is 583 g/mol. The zero-order chi connectivity index (χ0) is 31.7. The fourth-order valence-corrected chi connectivity index (χ4v) is 7.75. The third-order valence-corrected chi connectivity index (χ3v) is 11.2. The maximum atomic E-state index is 13.7. The van der Waals surface area contributed by atoms with E-state index in [0.29, 0.717) is 50.4 Å². The SMILES string of the molecule is C=C(CN1CCS(=O)(=O)CC1)C(=O)CC[C@@H](NC(=O)[C@@H](CC(=O)CCC)Cc1nc2ccc(C(C)C)cc2s1)[C@@H](C)CC. The number of fused-ring (bicyclic) bond motifs is 1. The summed E-state index contributed by atoms with van der Waals surface area (Å²) in [5, 5.41) is 4.05.